The van der Waals surface area contributed by atoms with E-state index in [0.29, 0.717) is 40.8 Å². The summed E-state index contributed by atoms with van der Waals surface area (Å²) >= 11 is 0. The standard InChI is InChI=1S/C29H31NO6/c1-8-18-26-20-13-23(33-7)25(35-16(4)5)14-21(20)36-29(31)28(26)30-10-9-17-11-24(34-15(2)3)22(32-6)12-19(17)27(18)30/h1,11-16,18,27H,9-10H2,2-7H3. The van der Waals surface area contributed by atoms with Gasteiger partial charge in [0.1, 0.15) is 11.3 Å². The molecule has 2 aromatic carbocycles. The van der Waals surface area contributed by atoms with Gasteiger partial charge in [0.05, 0.1) is 38.4 Å². The molecule has 7 nitrogen and oxygen atoms in total. The number of anilines is 1. The van der Waals surface area contributed by atoms with E-state index in [0.717, 1.165) is 28.5 Å². The molecule has 7 heteroatoms. The molecule has 2 atom stereocenters. The highest BCUT2D eigenvalue weighted by Gasteiger charge is 2.45. The molecule has 0 saturated heterocycles. The fraction of sp³-hybridized carbons (Fsp3) is 0.414. The predicted molar refractivity (Wildman–Crippen MR) is 139 cm³/mol. The molecule has 36 heavy (non-hydrogen) atoms. The minimum Gasteiger partial charge on any atom is -0.493 e. The average Bonchev–Trinajstić information content (AvgIpc) is 3.18. The summed E-state index contributed by atoms with van der Waals surface area (Å²) in [6.45, 7) is 8.46. The highest BCUT2D eigenvalue weighted by Crippen LogP contribution is 2.54. The van der Waals surface area contributed by atoms with Crippen molar-refractivity contribution in [1.82, 2.24) is 0 Å². The van der Waals surface area contributed by atoms with Crippen LogP contribution in [0.4, 0.5) is 5.69 Å². The van der Waals surface area contributed by atoms with Crippen LogP contribution in [0, 0.1) is 12.3 Å². The molecule has 0 fully saturated rings. The van der Waals surface area contributed by atoms with E-state index in [1.165, 1.54) is 0 Å². The lowest BCUT2D eigenvalue weighted by molar-refractivity contribution is 0.229. The zero-order valence-electron chi connectivity index (χ0n) is 21.5. The van der Waals surface area contributed by atoms with Crippen molar-refractivity contribution in [2.24, 2.45) is 0 Å². The Balaban J connectivity index is 1.71. The number of benzene rings is 2. The van der Waals surface area contributed by atoms with E-state index >= 15 is 0 Å². The van der Waals surface area contributed by atoms with E-state index in [4.69, 9.17) is 29.8 Å². The van der Waals surface area contributed by atoms with Crippen molar-refractivity contribution in [2.45, 2.75) is 58.3 Å². The minimum atomic E-state index is -0.406. The number of fused-ring (bicyclic) bond motifs is 7. The van der Waals surface area contributed by atoms with Crippen LogP contribution in [0.2, 0.25) is 0 Å². The lowest BCUT2D eigenvalue weighted by atomic mass is 9.84. The average molecular weight is 490 g/mol. The summed E-state index contributed by atoms with van der Waals surface area (Å²) in [6, 6.07) is 7.40. The van der Waals surface area contributed by atoms with Crippen LogP contribution in [0.5, 0.6) is 23.0 Å². The summed E-state index contributed by atoms with van der Waals surface area (Å²) < 4.78 is 29.0. The Hall–Kier alpha value is -3.79. The van der Waals surface area contributed by atoms with E-state index in [2.05, 4.69) is 10.8 Å². The van der Waals surface area contributed by atoms with Crippen LogP contribution in [0.25, 0.3) is 11.0 Å². The Bertz CT molecular complexity index is 1430. The largest absolute Gasteiger partial charge is 0.493 e. The van der Waals surface area contributed by atoms with Gasteiger partial charge >= 0.3 is 5.63 Å². The van der Waals surface area contributed by atoms with Crippen molar-refractivity contribution >= 4 is 16.7 Å². The summed E-state index contributed by atoms with van der Waals surface area (Å²) in [5, 5.41) is 0.753. The Morgan fingerprint density at radius 3 is 2.22 bits per heavy atom. The first-order chi connectivity index (χ1) is 17.3. The van der Waals surface area contributed by atoms with Crippen LogP contribution >= 0.6 is 0 Å². The summed E-state index contributed by atoms with van der Waals surface area (Å²) in [5.74, 6) is 5.04. The smallest absolute Gasteiger partial charge is 0.360 e. The van der Waals surface area contributed by atoms with Crippen molar-refractivity contribution in [2.75, 3.05) is 25.7 Å². The fourth-order valence-corrected chi connectivity index (χ4v) is 5.42. The third kappa shape index (κ3) is 3.72. The Morgan fingerprint density at radius 1 is 0.972 bits per heavy atom. The molecule has 0 aliphatic carbocycles. The van der Waals surface area contributed by atoms with Crippen LogP contribution in [-0.2, 0) is 6.42 Å². The molecular weight excluding hydrogens is 458 g/mol. The maximum atomic E-state index is 13.3. The maximum absolute atomic E-state index is 13.3. The zero-order chi connectivity index (χ0) is 25.7. The van der Waals surface area contributed by atoms with Crippen LogP contribution in [0.15, 0.2) is 33.5 Å². The molecule has 0 amide bonds. The van der Waals surface area contributed by atoms with E-state index in [-0.39, 0.29) is 24.2 Å². The third-order valence-corrected chi connectivity index (χ3v) is 6.73. The number of rotatable bonds is 6. The molecule has 0 saturated carbocycles. The van der Waals surface area contributed by atoms with Gasteiger partial charge in [-0.25, -0.2) is 4.79 Å². The van der Waals surface area contributed by atoms with Crippen LogP contribution < -0.4 is 29.5 Å². The highest BCUT2D eigenvalue weighted by atomic mass is 16.5. The van der Waals surface area contributed by atoms with Gasteiger partial charge < -0.3 is 28.3 Å². The summed E-state index contributed by atoms with van der Waals surface area (Å²) in [6.07, 6.45) is 6.85. The number of hydrogen-bond acceptors (Lipinski definition) is 7. The molecule has 0 bridgehead atoms. The second-order valence-electron chi connectivity index (χ2n) is 9.72. The van der Waals surface area contributed by atoms with Crippen LogP contribution in [0.3, 0.4) is 0 Å². The maximum Gasteiger partial charge on any atom is 0.360 e. The molecule has 3 heterocycles. The molecule has 3 aromatic rings. The van der Waals surface area contributed by atoms with Gasteiger partial charge in [-0.1, -0.05) is 5.92 Å². The van der Waals surface area contributed by atoms with E-state index < -0.39 is 5.63 Å². The quantitative estimate of drug-likeness (QED) is 0.347. The number of hydrogen-bond donors (Lipinski definition) is 0. The normalized spacial score (nSPS) is 18.0. The molecule has 2 unspecified atom stereocenters. The summed E-state index contributed by atoms with van der Waals surface area (Å²) in [4.78, 5) is 15.4. The van der Waals surface area contributed by atoms with Gasteiger partial charge in [0, 0.05) is 23.6 Å². The molecule has 0 spiro atoms. The Kier molecular flexibility index (Phi) is 5.99. The first-order valence-corrected chi connectivity index (χ1v) is 12.2. The molecule has 2 aliphatic rings. The fourth-order valence-electron chi connectivity index (χ4n) is 5.42. The van der Waals surface area contributed by atoms with Gasteiger partial charge in [0.2, 0.25) is 0 Å². The topological polar surface area (TPSA) is 70.4 Å². The molecular formula is C29H31NO6. The van der Waals surface area contributed by atoms with Gasteiger partial charge in [0.15, 0.2) is 23.0 Å². The number of nitrogens with zero attached hydrogens (tertiary/aromatic N) is 1. The van der Waals surface area contributed by atoms with Gasteiger partial charge in [-0.2, -0.15) is 0 Å². The second kappa shape index (κ2) is 9.02. The van der Waals surface area contributed by atoms with Crippen molar-refractivity contribution in [3.05, 3.63) is 51.4 Å². The summed E-state index contributed by atoms with van der Waals surface area (Å²) in [7, 11) is 3.22. The molecule has 0 N–H and O–H groups in total. The Morgan fingerprint density at radius 2 is 1.61 bits per heavy atom. The van der Waals surface area contributed by atoms with Gasteiger partial charge in [0.25, 0.3) is 0 Å². The predicted octanol–water partition coefficient (Wildman–Crippen LogP) is 5.22. The lowest BCUT2D eigenvalue weighted by Gasteiger charge is -2.35. The first-order valence-electron chi connectivity index (χ1n) is 12.2. The van der Waals surface area contributed by atoms with E-state index in [1.807, 2.05) is 45.9 Å². The molecule has 1 aromatic heterocycles. The third-order valence-electron chi connectivity index (χ3n) is 6.73. The Labute approximate surface area is 210 Å². The zero-order valence-corrected chi connectivity index (χ0v) is 21.5. The second-order valence-corrected chi connectivity index (χ2v) is 9.72. The van der Waals surface area contributed by atoms with Crippen molar-refractivity contribution in [3.63, 3.8) is 0 Å². The number of terminal acetylenes is 1. The number of methoxy groups -OCH3 is 2. The van der Waals surface area contributed by atoms with Gasteiger partial charge in [-0.15, -0.1) is 6.42 Å². The summed E-state index contributed by atoms with van der Waals surface area (Å²) in [5.41, 5.74) is 3.50. The van der Waals surface area contributed by atoms with Gasteiger partial charge in [-0.05, 0) is 63.4 Å². The van der Waals surface area contributed by atoms with E-state index in [9.17, 15) is 4.79 Å². The van der Waals surface area contributed by atoms with Crippen LogP contribution in [-0.4, -0.2) is 33.0 Å². The van der Waals surface area contributed by atoms with Crippen molar-refractivity contribution in [3.8, 4) is 35.3 Å². The van der Waals surface area contributed by atoms with E-state index in [1.54, 1.807) is 20.3 Å². The SMILES string of the molecule is C#CC1c2c(c(=O)oc3cc(OC(C)C)c(OC)cc23)N2CCc3cc(OC(C)C)c(OC)cc3C12. The molecule has 2 aliphatic heterocycles. The first kappa shape index (κ1) is 23.9. The minimum absolute atomic E-state index is 0.0155. The number of ether oxygens (including phenoxy) is 4. The molecule has 5 rings (SSSR count). The van der Waals surface area contributed by atoms with Crippen molar-refractivity contribution < 1.29 is 23.4 Å². The molecule has 0 radical (unpaired) electrons. The highest BCUT2D eigenvalue weighted by molar-refractivity contribution is 5.91. The molecule has 188 valence electrons. The lowest BCUT2D eigenvalue weighted by Crippen LogP contribution is -2.35. The van der Waals surface area contributed by atoms with Crippen molar-refractivity contribution in [1.29, 1.82) is 0 Å². The van der Waals surface area contributed by atoms with Gasteiger partial charge in [-0.3, -0.25) is 0 Å². The van der Waals surface area contributed by atoms with Crippen LogP contribution in [0.1, 0.15) is 56.3 Å². The monoisotopic (exact) mass is 489 g/mol.